The highest BCUT2D eigenvalue weighted by atomic mass is 32.2. The van der Waals surface area contributed by atoms with Crippen molar-refractivity contribution < 1.29 is 22.6 Å². The lowest BCUT2D eigenvalue weighted by molar-refractivity contribution is 0.171. The summed E-state index contributed by atoms with van der Waals surface area (Å²) in [6.07, 6.45) is 1.54. The lowest BCUT2D eigenvalue weighted by atomic mass is 10.3. The molecule has 7 heteroatoms. The van der Waals surface area contributed by atoms with E-state index in [-0.39, 0.29) is 11.4 Å². The van der Waals surface area contributed by atoms with Gasteiger partial charge in [0.2, 0.25) is 0 Å². The number of hydrogen-bond acceptors (Lipinski definition) is 5. The number of benzene rings is 2. The fourth-order valence-electron chi connectivity index (χ4n) is 2.67. The molecule has 2 aromatic rings. The summed E-state index contributed by atoms with van der Waals surface area (Å²) in [5.41, 5.74) is 0.505. The molecule has 3 rings (SSSR count). The van der Waals surface area contributed by atoms with Crippen LogP contribution in [0.5, 0.6) is 17.2 Å². The number of hydrogen-bond donors (Lipinski definition) is 0. The molecule has 0 aliphatic carbocycles. The molecule has 0 bridgehead atoms. The molecule has 0 unspecified atom stereocenters. The second-order valence-corrected chi connectivity index (χ2v) is 7.42. The summed E-state index contributed by atoms with van der Waals surface area (Å²) >= 11 is 0. The summed E-state index contributed by atoms with van der Waals surface area (Å²) in [4.78, 5) is 0.130. The fraction of sp³-hybridized carbons (Fsp3) is 0.263. The average molecular weight is 375 g/mol. The van der Waals surface area contributed by atoms with Gasteiger partial charge >= 0.3 is 0 Å². The van der Waals surface area contributed by atoms with Crippen LogP contribution in [-0.2, 0) is 10.0 Å². The number of anilines is 1. The molecule has 0 spiro atoms. The molecular formula is C19H21NO5S. The molecule has 0 amide bonds. The summed E-state index contributed by atoms with van der Waals surface area (Å²) in [5, 5.41) is 0. The van der Waals surface area contributed by atoms with Crippen LogP contribution in [-0.4, -0.2) is 34.8 Å². The first-order valence-corrected chi connectivity index (χ1v) is 9.76. The van der Waals surface area contributed by atoms with Gasteiger partial charge in [-0.2, -0.15) is 0 Å². The highest BCUT2D eigenvalue weighted by Gasteiger charge is 2.26. The number of sulfonamides is 1. The molecule has 1 heterocycles. The van der Waals surface area contributed by atoms with Crippen LogP contribution in [0.3, 0.4) is 0 Å². The Bertz CT molecular complexity index is 895. The van der Waals surface area contributed by atoms with Crippen molar-refractivity contribution in [3.8, 4) is 17.2 Å². The van der Waals surface area contributed by atoms with Crippen molar-refractivity contribution in [3.05, 3.63) is 55.1 Å². The molecule has 1 aliphatic rings. The SMILES string of the molecule is C=CCN(c1cccc(OCC)c1)S(=O)(=O)c1ccc2c(c1)OCCO2. The summed E-state index contributed by atoms with van der Waals surface area (Å²) in [5.74, 6) is 1.58. The van der Waals surface area contributed by atoms with E-state index in [1.165, 1.54) is 16.4 Å². The van der Waals surface area contributed by atoms with Gasteiger partial charge in [0.15, 0.2) is 11.5 Å². The molecule has 26 heavy (non-hydrogen) atoms. The molecule has 1 aliphatic heterocycles. The third-order valence-electron chi connectivity index (χ3n) is 3.81. The smallest absolute Gasteiger partial charge is 0.264 e. The Morgan fingerprint density at radius 3 is 2.65 bits per heavy atom. The topological polar surface area (TPSA) is 65.1 Å². The third kappa shape index (κ3) is 3.62. The van der Waals surface area contributed by atoms with Crippen LogP contribution in [0.1, 0.15) is 6.92 Å². The zero-order valence-corrected chi connectivity index (χ0v) is 15.4. The zero-order chi connectivity index (χ0) is 18.6. The average Bonchev–Trinajstić information content (AvgIpc) is 2.66. The Morgan fingerprint density at radius 1 is 1.15 bits per heavy atom. The first-order chi connectivity index (χ1) is 12.6. The molecule has 2 aromatic carbocycles. The minimum absolute atomic E-state index is 0.130. The van der Waals surface area contributed by atoms with E-state index in [1.54, 1.807) is 36.4 Å². The van der Waals surface area contributed by atoms with Gasteiger partial charge in [-0.25, -0.2) is 8.42 Å². The van der Waals surface area contributed by atoms with Gasteiger partial charge in [-0.05, 0) is 31.2 Å². The summed E-state index contributed by atoms with van der Waals surface area (Å²) in [7, 11) is -3.81. The number of nitrogens with zero attached hydrogens (tertiary/aromatic N) is 1. The second-order valence-electron chi connectivity index (χ2n) is 5.56. The van der Waals surface area contributed by atoms with E-state index in [2.05, 4.69) is 6.58 Å². The molecule has 138 valence electrons. The normalized spacial score (nSPS) is 13.1. The van der Waals surface area contributed by atoms with Gasteiger partial charge in [-0.15, -0.1) is 6.58 Å². The molecule has 0 N–H and O–H groups in total. The summed E-state index contributed by atoms with van der Waals surface area (Å²) in [6.45, 7) is 7.03. The first-order valence-electron chi connectivity index (χ1n) is 8.32. The van der Waals surface area contributed by atoms with Crippen LogP contribution < -0.4 is 18.5 Å². The summed E-state index contributed by atoms with van der Waals surface area (Å²) < 4.78 is 44.2. The molecule has 0 atom stereocenters. The fourth-order valence-corrected chi connectivity index (χ4v) is 4.11. The van der Waals surface area contributed by atoms with Gasteiger partial charge in [0.1, 0.15) is 19.0 Å². The predicted octanol–water partition coefficient (Wildman–Crippen LogP) is 3.24. The van der Waals surface area contributed by atoms with E-state index in [0.29, 0.717) is 42.8 Å². The van der Waals surface area contributed by atoms with E-state index in [9.17, 15) is 8.42 Å². The summed E-state index contributed by atoms with van der Waals surface area (Å²) in [6, 6.07) is 11.6. The minimum Gasteiger partial charge on any atom is -0.494 e. The molecule has 0 aromatic heterocycles. The molecule has 0 saturated heterocycles. The largest absolute Gasteiger partial charge is 0.494 e. The van der Waals surface area contributed by atoms with Gasteiger partial charge in [0, 0.05) is 12.1 Å². The van der Waals surface area contributed by atoms with Crippen molar-refractivity contribution in [2.24, 2.45) is 0 Å². The van der Waals surface area contributed by atoms with Crippen molar-refractivity contribution in [2.75, 3.05) is 30.7 Å². The van der Waals surface area contributed by atoms with Crippen molar-refractivity contribution in [2.45, 2.75) is 11.8 Å². The van der Waals surface area contributed by atoms with E-state index >= 15 is 0 Å². The number of fused-ring (bicyclic) bond motifs is 1. The Kier molecular flexibility index (Phi) is 5.37. The molecule has 0 fully saturated rings. The van der Waals surface area contributed by atoms with E-state index in [1.807, 2.05) is 6.92 Å². The van der Waals surface area contributed by atoms with Crippen LogP contribution >= 0.6 is 0 Å². The lowest BCUT2D eigenvalue weighted by Crippen LogP contribution is -2.31. The second kappa shape index (κ2) is 7.70. The maximum Gasteiger partial charge on any atom is 0.264 e. The van der Waals surface area contributed by atoms with E-state index in [4.69, 9.17) is 14.2 Å². The maximum absolute atomic E-state index is 13.2. The third-order valence-corrected chi connectivity index (χ3v) is 5.60. The van der Waals surface area contributed by atoms with Crippen molar-refractivity contribution >= 4 is 15.7 Å². The van der Waals surface area contributed by atoms with Crippen molar-refractivity contribution in [3.63, 3.8) is 0 Å². The molecular weight excluding hydrogens is 354 g/mol. The zero-order valence-electron chi connectivity index (χ0n) is 14.6. The van der Waals surface area contributed by atoms with Gasteiger partial charge < -0.3 is 14.2 Å². The predicted molar refractivity (Wildman–Crippen MR) is 99.8 cm³/mol. The van der Waals surface area contributed by atoms with Crippen molar-refractivity contribution in [1.82, 2.24) is 0 Å². The van der Waals surface area contributed by atoms with E-state index < -0.39 is 10.0 Å². The van der Waals surface area contributed by atoms with Gasteiger partial charge in [0.05, 0.1) is 23.7 Å². The molecule has 0 radical (unpaired) electrons. The lowest BCUT2D eigenvalue weighted by Gasteiger charge is -2.25. The standard InChI is InChI=1S/C19H21NO5S/c1-3-10-20(15-6-5-7-16(13-15)23-4-2)26(21,22)17-8-9-18-19(14-17)25-12-11-24-18/h3,5-9,13-14H,1,4,10-12H2,2H3. The van der Waals surface area contributed by atoms with Crippen LogP contribution in [0.2, 0.25) is 0 Å². The Labute approximate surface area is 153 Å². The molecule has 0 saturated carbocycles. The highest BCUT2D eigenvalue weighted by molar-refractivity contribution is 7.92. The van der Waals surface area contributed by atoms with Crippen LogP contribution in [0.15, 0.2) is 60.0 Å². The van der Waals surface area contributed by atoms with Gasteiger partial charge in [0.25, 0.3) is 10.0 Å². The van der Waals surface area contributed by atoms with Gasteiger partial charge in [-0.3, -0.25) is 4.31 Å². The van der Waals surface area contributed by atoms with E-state index in [0.717, 1.165) is 0 Å². The number of ether oxygens (including phenoxy) is 3. The Hall–Kier alpha value is -2.67. The van der Waals surface area contributed by atoms with Gasteiger partial charge in [-0.1, -0.05) is 12.1 Å². The number of rotatable bonds is 7. The monoisotopic (exact) mass is 375 g/mol. The van der Waals surface area contributed by atoms with Crippen LogP contribution in [0.4, 0.5) is 5.69 Å². The molecule has 6 nitrogen and oxygen atoms in total. The van der Waals surface area contributed by atoms with Crippen LogP contribution in [0.25, 0.3) is 0 Å². The first kappa shape index (κ1) is 18.1. The minimum atomic E-state index is -3.81. The quantitative estimate of drug-likeness (QED) is 0.695. The van der Waals surface area contributed by atoms with Crippen molar-refractivity contribution in [1.29, 1.82) is 0 Å². The highest BCUT2D eigenvalue weighted by Crippen LogP contribution is 2.34. The Morgan fingerprint density at radius 2 is 1.92 bits per heavy atom. The van der Waals surface area contributed by atoms with Crippen LogP contribution in [0, 0.1) is 0 Å². The maximum atomic E-state index is 13.2. The Balaban J connectivity index is 2.01.